The van der Waals surface area contributed by atoms with E-state index in [0.717, 1.165) is 12.8 Å². The largest absolute Gasteiger partial charge is 0.481 e. The van der Waals surface area contributed by atoms with E-state index in [4.69, 9.17) is 15.1 Å². The Kier molecular flexibility index (Phi) is 1.77. The van der Waals surface area contributed by atoms with E-state index in [9.17, 15) is 4.79 Å². The first-order valence-electron chi connectivity index (χ1n) is 4.45. The van der Waals surface area contributed by atoms with Crippen molar-refractivity contribution in [1.29, 1.82) is 5.26 Å². The van der Waals surface area contributed by atoms with Crippen LogP contribution in [0.5, 0.6) is 0 Å². The van der Waals surface area contributed by atoms with Crippen molar-refractivity contribution in [1.82, 2.24) is 0 Å². The van der Waals surface area contributed by atoms with Gasteiger partial charge in [-0.1, -0.05) is 0 Å². The molecule has 1 N–H and O–H groups in total. The number of ether oxygens (including phenoxy) is 1. The van der Waals surface area contributed by atoms with E-state index in [0.29, 0.717) is 6.42 Å². The van der Waals surface area contributed by atoms with Crippen molar-refractivity contribution in [3.63, 3.8) is 0 Å². The number of carbonyl (C=O) groups is 1. The molecule has 2 rings (SSSR count). The summed E-state index contributed by atoms with van der Waals surface area (Å²) in [7, 11) is 0. The first-order valence-corrected chi connectivity index (χ1v) is 4.45. The van der Waals surface area contributed by atoms with Crippen molar-refractivity contribution in [2.75, 3.05) is 0 Å². The molecule has 2 aliphatic heterocycles. The quantitative estimate of drug-likeness (QED) is 0.687. The summed E-state index contributed by atoms with van der Waals surface area (Å²) < 4.78 is 5.47. The van der Waals surface area contributed by atoms with Gasteiger partial charge in [-0.25, -0.2) is 0 Å². The van der Waals surface area contributed by atoms with Gasteiger partial charge in [0.1, 0.15) is 5.41 Å². The third kappa shape index (κ3) is 1.04. The zero-order valence-corrected chi connectivity index (χ0v) is 7.19. The topological polar surface area (TPSA) is 70.3 Å². The maximum atomic E-state index is 11.1. The van der Waals surface area contributed by atoms with Crippen LogP contribution in [0.15, 0.2) is 0 Å². The van der Waals surface area contributed by atoms with Crippen LogP contribution in [-0.2, 0) is 9.53 Å². The molecule has 0 aromatic carbocycles. The van der Waals surface area contributed by atoms with Gasteiger partial charge in [0.25, 0.3) is 0 Å². The molecule has 2 aliphatic rings. The van der Waals surface area contributed by atoms with Gasteiger partial charge in [0.05, 0.1) is 24.7 Å². The molecule has 70 valence electrons. The van der Waals surface area contributed by atoms with Crippen molar-refractivity contribution < 1.29 is 14.6 Å². The summed E-state index contributed by atoms with van der Waals surface area (Å²) in [5, 5.41) is 17.7. The van der Waals surface area contributed by atoms with Gasteiger partial charge in [-0.05, 0) is 19.3 Å². The van der Waals surface area contributed by atoms with Crippen LogP contribution in [0.3, 0.4) is 0 Å². The summed E-state index contributed by atoms with van der Waals surface area (Å²) in [6.07, 6.45) is 2.18. The third-order valence-electron chi connectivity index (χ3n) is 3.14. The van der Waals surface area contributed by atoms with Gasteiger partial charge >= 0.3 is 5.97 Å². The molecule has 0 saturated carbocycles. The maximum Gasteiger partial charge on any atom is 0.313 e. The first kappa shape index (κ1) is 8.52. The molecule has 2 fully saturated rings. The zero-order chi connectivity index (χ0) is 9.47. The second-order valence-electron chi connectivity index (χ2n) is 3.82. The normalized spacial score (nSPS) is 41.8. The van der Waals surface area contributed by atoms with E-state index in [1.165, 1.54) is 0 Å². The molecular weight excluding hydrogens is 170 g/mol. The van der Waals surface area contributed by atoms with Crippen LogP contribution in [0.25, 0.3) is 0 Å². The highest BCUT2D eigenvalue weighted by atomic mass is 16.5. The minimum absolute atomic E-state index is 0.0729. The molecule has 2 heterocycles. The Hall–Kier alpha value is -1.08. The first-order chi connectivity index (χ1) is 6.19. The van der Waals surface area contributed by atoms with E-state index >= 15 is 0 Å². The lowest BCUT2D eigenvalue weighted by Crippen LogP contribution is -2.39. The molecule has 3 unspecified atom stereocenters. The van der Waals surface area contributed by atoms with Gasteiger partial charge in [-0.15, -0.1) is 0 Å². The van der Waals surface area contributed by atoms with Gasteiger partial charge in [-0.3, -0.25) is 4.79 Å². The molecule has 0 aromatic rings. The SMILES string of the molecule is N#CCC1(C(=O)O)CC2CCC1O2. The highest BCUT2D eigenvalue weighted by Gasteiger charge is 2.57. The minimum Gasteiger partial charge on any atom is -0.481 e. The number of carboxylic acids is 1. The van der Waals surface area contributed by atoms with Crippen molar-refractivity contribution >= 4 is 5.97 Å². The summed E-state index contributed by atoms with van der Waals surface area (Å²) >= 11 is 0. The van der Waals surface area contributed by atoms with Gasteiger partial charge in [-0.2, -0.15) is 5.26 Å². The molecule has 4 nitrogen and oxygen atoms in total. The molecule has 0 aromatic heterocycles. The lowest BCUT2D eigenvalue weighted by atomic mass is 9.72. The zero-order valence-electron chi connectivity index (χ0n) is 7.19. The molecule has 2 saturated heterocycles. The standard InChI is InChI=1S/C9H11NO3/c10-4-3-9(8(11)12)5-6-1-2-7(9)13-6/h6-7H,1-3,5H2,(H,11,12). The number of hydrogen-bond acceptors (Lipinski definition) is 3. The molecule has 0 aliphatic carbocycles. The Morgan fingerprint density at radius 1 is 1.69 bits per heavy atom. The monoisotopic (exact) mass is 181 g/mol. The van der Waals surface area contributed by atoms with Gasteiger partial charge < -0.3 is 9.84 Å². The molecule has 0 spiro atoms. The highest BCUT2D eigenvalue weighted by molar-refractivity contribution is 5.76. The van der Waals surface area contributed by atoms with Crippen LogP contribution in [0.1, 0.15) is 25.7 Å². The predicted molar refractivity (Wildman–Crippen MR) is 42.8 cm³/mol. The number of rotatable bonds is 2. The van der Waals surface area contributed by atoms with Gasteiger partial charge in [0.2, 0.25) is 0 Å². The fourth-order valence-electron chi connectivity index (χ4n) is 2.43. The van der Waals surface area contributed by atoms with Crippen LogP contribution in [0.4, 0.5) is 0 Å². The van der Waals surface area contributed by atoms with Crippen molar-refractivity contribution in [3.05, 3.63) is 0 Å². The van der Waals surface area contributed by atoms with E-state index in [2.05, 4.69) is 0 Å². The molecule has 13 heavy (non-hydrogen) atoms. The minimum atomic E-state index is -0.905. The predicted octanol–water partition coefficient (Wildman–Crippen LogP) is 0.922. The van der Waals surface area contributed by atoms with Crippen LogP contribution < -0.4 is 0 Å². The van der Waals surface area contributed by atoms with Crippen LogP contribution >= 0.6 is 0 Å². The average Bonchev–Trinajstić information content (AvgIpc) is 2.64. The summed E-state index contributed by atoms with van der Waals surface area (Å²) in [4.78, 5) is 11.1. The Morgan fingerprint density at radius 3 is 2.85 bits per heavy atom. The smallest absolute Gasteiger partial charge is 0.313 e. The van der Waals surface area contributed by atoms with Crippen LogP contribution in [0, 0.1) is 16.7 Å². The Balaban J connectivity index is 2.26. The number of nitrogens with zero attached hydrogens (tertiary/aromatic N) is 1. The lowest BCUT2D eigenvalue weighted by Gasteiger charge is -2.27. The van der Waals surface area contributed by atoms with E-state index < -0.39 is 11.4 Å². The highest BCUT2D eigenvalue weighted by Crippen LogP contribution is 2.49. The number of aliphatic carboxylic acids is 1. The molecule has 0 radical (unpaired) electrons. The maximum absolute atomic E-state index is 11.1. The Labute approximate surface area is 76.1 Å². The molecular formula is C9H11NO3. The molecule has 3 atom stereocenters. The fourth-order valence-corrected chi connectivity index (χ4v) is 2.43. The summed E-state index contributed by atoms with van der Waals surface area (Å²) in [6, 6.07) is 1.96. The van der Waals surface area contributed by atoms with Crippen molar-refractivity contribution in [2.24, 2.45) is 5.41 Å². The Bertz CT molecular complexity index is 283. The fraction of sp³-hybridized carbons (Fsp3) is 0.778. The number of hydrogen-bond donors (Lipinski definition) is 1. The lowest BCUT2D eigenvalue weighted by molar-refractivity contribution is -0.152. The van der Waals surface area contributed by atoms with Gasteiger partial charge in [0.15, 0.2) is 0 Å². The van der Waals surface area contributed by atoms with Crippen LogP contribution in [-0.4, -0.2) is 23.3 Å². The second-order valence-corrected chi connectivity index (χ2v) is 3.82. The van der Waals surface area contributed by atoms with E-state index in [1.807, 2.05) is 6.07 Å². The number of carboxylic acid groups (broad SMARTS) is 1. The van der Waals surface area contributed by atoms with Crippen molar-refractivity contribution in [2.45, 2.75) is 37.9 Å². The average molecular weight is 181 g/mol. The molecule has 0 amide bonds. The van der Waals surface area contributed by atoms with Crippen LogP contribution in [0.2, 0.25) is 0 Å². The summed E-state index contributed by atoms with van der Waals surface area (Å²) in [5.41, 5.74) is -0.905. The second kappa shape index (κ2) is 2.71. The van der Waals surface area contributed by atoms with Gasteiger partial charge in [0, 0.05) is 0 Å². The Morgan fingerprint density at radius 2 is 2.46 bits per heavy atom. The number of fused-ring (bicyclic) bond motifs is 2. The molecule has 4 heteroatoms. The number of nitriles is 1. The van der Waals surface area contributed by atoms with Crippen molar-refractivity contribution in [3.8, 4) is 6.07 Å². The summed E-state index contributed by atoms with van der Waals surface area (Å²) in [6.45, 7) is 0. The molecule has 2 bridgehead atoms. The third-order valence-corrected chi connectivity index (χ3v) is 3.14. The van der Waals surface area contributed by atoms with E-state index in [-0.39, 0.29) is 18.6 Å². The van der Waals surface area contributed by atoms with E-state index in [1.54, 1.807) is 0 Å². The summed E-state index contributed by atoms with van der Waals surface area (Å²) in [5.74, 6) is -0.874.